The summed E-state index contributed by atoms with van der Waals surface area (Å²) in [6, 6.07) is 30.2. The summed E-state index contributed by atoms with van der Waals surface area (Å²) in [5, 5.41) is 15.4. The summed E-state index contributed by atoms with van der Waals surface area (Å²) in [5.74, 6) is 0.619. The predicted molar refractivity (Wildman–Crippen MR) is 119 cm³/mol. The van der Waals surface area contributed by atoms with E-state index in [0.29, 0.717) is 18.7 Å². The average Bonchev–Trinajstić information content (AvgIpc) is 3.25. The largest absolute Gasteiger partial charge is 0.377 e. The lowest BCUT2D eigenvalue weighted by Gasteiger charge is -2.29. The van der Waals surface area contributed by atoms with Gasteiger partial charge in [-0.05, 0) is 29.5 Å². The number of rotatable bonds is 7. The summed E-state index contributed by atoms with van der Waals surface area (Å²) < 4.78 is 0. The zero-order valence-corrected chi connectivity index (χ0v) is 16.4. The van der Waals surface area contributed by atoms with E-state index in [-0.39, 0.29) is 12.1 Å². The lowest BCUT2D eigenvalue weighted by atomic mass is 9.87. The van der Waals surface area contributed by atoms with Gasteiger partial charge in [-0.2, -0.15) is 0 Å². The molecule has 3 nitrogen and oxygen atoms in total. The van der Waals surface area contributed by atoms with Crippen molar-refractivity contribution in [3.63, 3.8) is 0 Å². The minimum atomic E-state index is -1.19. The molecule has 2 N–H and O–H groups in total. The molecular formula is C26H26N2O. The maximum Gasteiger partial charge on any atom is 0.147 e. The minimum Gasteiger partial charge on any atom is -0.377 e. The van der Waals surface area contributed by atoms with Gasteiger partial charge in [0.1, 0.15) is 17.5 Å². The molecule has 0 radical (unpaired) electrons. The van der Waals surface area contributed by atoms with Gasteiger partial charge in [-0.25, -0.2) is 0 Å². The molecule has 0 saturated heterocycles. The van der Waals surface area contributed by atoms with Crippen molar-refractivity contribution in [2.75, 3.05) is 0 Å². The Labute approximate surface area is 172 Å². The summed E-state index contributed by atoms with van der Waals surface area (Å²) in [5.41, 5.74) is 1.93. The first-order valence-electron chi connectivity index (χ1n) is 10.1. The number of aliphatic hydroxyl groups is 1. The highest BCUT2D eigenvalue weighted by Gasteiger charge is 2.42. The van der Waals surface area contributed by atoms with Crippen molar-refractivity contribution in [3.8, 4) is 0 Å². The monoisotopic (exact) mass is 382 g/mol. The fourth-order valence-corrected chi connectivity index (χ4v) is 3.97. The number of benzene rings is 3. The Morgan fingerprint density at radius 3 is 2.00 bits per heavy atom. The van der Waals surface area contributed by atoms with Crippen molar-refractivity contribution >= 4 is 5.84 Å². The van der Waals surface area contributed by atoms with Crippen molar-refractivity contribution in [2.24, 2.45) is 4.99 Å². The molecule has 0 aromatic heterocycles. The first-order chi connectivity index (χ1) is 14.2. The Balaban J connectivity index is 1.78. The molecule has 4 rings (SSSR count). The molecule has 29 heavy (non-hydrogen) atoms. The van der Waals surface area contributed by atoms with Crippen molar-refractivity contribution in [3.05, 3.63) is 120 Å². The van der Waals surface area contributed by atoms with Crippen LogP contribution in [0.4, 0.5) is 0 Å². The standard InChI is InChI=1S/C26H26N2O/c1-2-3-19-26(29,22-17-11-6-12-18-22)25-27-23(20-13-7-4-8-14-20)24(28-25)21-15-9-5-10-16-21/h2,4-18,23-24,29H,1,3,19H2,(H,27,28)/t23-,24-,26-/m0/s1. The summed E-state index contributed by atoms with van der Waals surface area (Å²) in [6.45, 7) is 3.84. The summed E-state index contributed by atoms with van der Waals surface area (Å²) >= 11 is 0. The van der Waals surface area contributed by atoms with Gasteiger partial charge in [-0.15, -0.1) is 6.58 Å². The Morgan fingerprint density at radius 2 is 1.41 bits per heavy atom. The topological polar surface area (TPSA) is 44.6 Å². The number of aliphatic imine (C=N–C) groups is 1. The highest BCUT2D eigenvalue weighted by atomic mass is 16.3. The molecule has 0 bridgehead atoms. The third kappa shape index (κ3) is 3.87. The second kappa shape index (κ2) is 8.46. The SMILES string of the molecule is C=CCC[C@@](O)(C1=N[C@@H](c2ccccc2)[C@H](c2ccccc2)N1)c1ccccc1. The van der Waals surface area contributed by atoms with Crippen LogP contribution in [0.15, 0.2) is 109 Å². The van der Waals surface area contributed by atoms with Crippen LogP contribution < -0.4 is 5.32 Å². The van der Waals surface area contributed by atoms with Crippen molar-refractivity contribution in [1.29, 1.82) is 0 Å². The zero-order chi connectivity index (χ0) is 20.1. The van der Waals surface area contributed by atoms with Crippen LogP contribution in [0.1, 0.15) is 41.6 Å². The lowest BCUT2D eigenvalue weighted by Crippen LogP contribution is -2.43. The average molecular weight is 383 g/mol. The lowest BCUT2D eigenvalue weighted by molar-refractivity contribution is 0.0987. The third-order valence-corrected chi connectivity index (χ3v) is 5.53. The van der Waals surface area contributed by atoms with E-state index >= 15 is 0 Å². The van der Waals surface area contributed by atoms with E-state index in [0.717, 1.165) is 16.7 Å². The molecule has 0 aliphatic carbocycles. The van der Waals surface area contributed by atoms with Crippen molar-refractivity contribution in [2.45, 2.75) is 30.5 Å². The number of amidine groups is 1. The van der Waals surface area contributed by atoms with Crippen LogP contribution >= 0.6 is 0 Å². The van der Waals surface area contributed by atoms with Gasteiger partial charge in [0.25, 0.3) is 0 Å². The van der Waals surface area contributed by atoms with Gasteiger partial charge in [-0.3, -0.25) is 4.99 Å². The van der Waals surface area contributed by atoms with Crippen LogP contribution in [0.2, 0.25) is 0 Å². The maximum absolute atomic E-state index is 11.8. The fraction of sp³-hybridized carbons (Fsp3) is 0.192. The molecule has 146 valence electrons. The normalized spacial score (nSPS) is 20.4. The van der Waals surface area contributed by atoms with Crippen molar-refractivity contribution in [1.82, 2.24) is 5.32 Å². The molecule has 3 heteroatoms. The number of nitrogens with zero attached hydrogens (tertiary/aromatic N) is 1. The first kappa shape index (κ1) is 19.2. The molecule has 3 aromatic rings. The highest BCUT2D eigenvalue weighted by molar-refractivity contribution is 5.93. The van der Waals surface area contributed by atoms with Crippen molar-refractivity contribution < 1.29 is 5.11 Å². The molecule has 3 atom stereocenters. The van der Waals surface area contributed by atoms with Crippen LogP contribution in [-0.2, 0) is 5.60 Å². The van der Waals surface area contributed by atoms with Gasteiger partial charge in [0.05, 0.1) is 6.04 Å². The second-order valence-corrected chi connectivity index (χ2v) is 7.42. The van der Waals surface area contributed by atoms with Gasteiger partial charge in [-0.1, -0.05) is 97.1 Å². The number of hydrogen-bond acceptors (Lipinski definition) is 3. The van der Waals surface area contributed by atoms with E-state index in [4.69, 9.17) is 4.99 Å². The zero-order valence-electron chi connectivity index (χ0n) is 16.4. The number of nitrogens with one attached hydrogen (secondary N) is 1. The van der Waals surface area contributed by atoms with Crippen LogP contribution in [-0.4, -0.2) is 10.9 Å². The smallest absolute Gasteiger partial charge is 0.147 e. The minimum absolute atomic E-state index is 0.0347. The molecule has 0 spiro atoms. The Kier molecular flexibility index (Phi) is 5.59. The molecule has 1 aliphatic heterocycles. The van der Waals surface area contributed by atoms with Gasteiger partial charge < -0.3 is 10.4 Å². The Bertz CT molecular complexity index is 969. The molecule has 0 amide bonds. The maximum atomic E-state index is 11.8. The third-order valence-electron chi connectivity index (χ3n) is 5.53. The van der Waals surface area contributed by atoms with E-state index < -0.39 is 5.60 Å². The quantitative estimate of drug-likeness (QED) is 0.543. The Hall–Kier alpha value is -3.17. The fourth-order valence-electron chi connectivity index (χ4n) is 3.97. The van der Waals surface area contributed by atoms with Crippen LogP contribution in [0.3, 0.4) is 0 Å². The second-order valence-electron chi connectivity index (χ2n) is 7.42. The first-order valence-corrected chi connectivity index (χ1v) is 10.1. The number of hydrogen-bond donors (Lipinski definition) is 2. The molecule has 0 fully saturated rings. The van der Waals surface area contributed by atoms with Gasteiger partial charge >= 0.3 is 0 Å². The van der Waals surface area contributed by atoms with Gasteiger partial charge in [0, 0.05) is 0 Å². The summed E-state index contributed by atoms with van der Waals surface area (Å²) in [4.78, 5) is 5.04. The van der Waals surface area contributed by atoms with Crippen LogP contribution in [0.25, 0.3) is 0 Å². The molecule has 0 unspecified atom stereocenters. The van der Waals surface area contributed by atoms with Crippen LogP contribution in [0, 0.1) is 0 Å². The van der Waals surface area contributed by atoms with Crippen LogP contribution in [0.5, 0.6) is 0 Å². The highest BCUT2D eigenvalue weighted by Crippen LogP contribution is 2.40. The molecule has 1 aliphatic rings. The summed E-state index contributed by atoms with van der Waals surface area (Å²) in [7, 11) is 0. The summed E-state index contributed by atoms with van der Waals surface area (Å²) in [6.07, 6.45) is 3.06. The van der Waals surface area contributed by atoms with Gasteiger partial charge in [0.15, 0.2) is 0 Å². The number of allylic oxidation sites excluding steroid dienone is 1. The van der Waals surface area contributed by atoms with E-state index in [9.17, 15) is 5.11 Å². The van der Waals surface area contributed by atoms with Gasteiger partial charge in [0.2, 0.25) is 0 Å². The predicted octanol–water partition coefficient (Wildman–Crippen LogP) is 5.32. The molecule has 0 saturated carbocycles. The molecule has 1 heterocycles. The van der Waals surface area contributed by atoms with E-state index in [1.807, 2.05) is 72.8 Å². The molecular weight excluding hydrogens is 356 g/mol. The van der Waals surface area contributed by atoms with E-state index in [1.165, 1.54) is 0 Å². The van der Waals surface area contributed by atoms with E-state index in [1.54, 1.807) is 0 Å². The Morgan fingerprint density at radius 1 is 0.862 bits per heavy atom. The van der Waals surface area contributed by atoms with E-state index in [2.05, 4.69) is 36.2 Å². The molecule has 3 aromatic carbocycles.